The number of nitrogens with two attached hydrogens (primary N) is 1. The Kier molecular flexibility index (Phi) is 2.73. The zero-order valence-electron chi connectivity index (χ0n) is 9.48. The molecule has 0 aliphatic carbocycles. The summed E-state index contributed by atoms with van der Waals surface area (Å²) in [4.78, 5) is 20.0. The number of nitrogens with zero attached hydrogens (tertiary/aromatic N) is 3. The van der Waals surface area contributed by atoms with Gasteiger partial charge in [-0.3, -0.25) is 15.2 Å². The van der Waals surface area contributed by atoms with Gasteiger partial charge in [-0.2, -0.15) is 5.10 Å². The summed E-state index contributed by atoms with van der Waals surface area (Å²) in [5.41, 5.74) is 7.61. The van der Waals surface area contributed by atoms with Crippen LogP contribution >= 0.6 is 0 Å². The number of aromatic amines is 1. The van der Waals surface area contributed by atoms with Crippen LogP contribution in [0.2, 0.25) is 0 Å². The van der Waals surface area contributed by atoms with Crippen LogP contribution < -0.4 is 11.1 Å². The maximum atomic E-state index is 11.8. The number of hydrogen-bond donors (Lipinski definition) is 3. The van der Waals surface area contributed by atoms with Crippen LogP contribution in [-0.4, -0.2) is 26.1 Å². The van der Waals surface area contributed by atoms with E-state index in [4.69, 9.17) is 5.73 Å². The van der Waals surface area contributed by atoms with Gasteiger partial charge in [-0.05, 0) is 19.9 Å². The van der Waals surface area contributed by atoms with Crippen LogP contribution in [0.4, 0.5) is 11.6 Å². The zero-order chi connectivity index (χ0) is 12.4. The Bertz CT molecular complexity index is 541. The molecule has 88 valence electrons. The fraction of sp³-hybridized carbons (Fsp3) is 0.200. The van der Waals surface area contributed by atoms with Crippen LogP contribution in [0.1, 0.15) is 21.9 Å². The number of nitrogens with one attached hydrogen (secondary N) is 2. The molecule has 0 saturated heterocycles. The third kappa shape index (κ3) is 2.39. The Labute approximate surface area is 97.5 Å². The summed E-state index contributed by atoms with van der Waals surface area (Å²) in [7, 11) is 0. The van der Waals surface area contributed by atoms with Crippen molar-refractivity contribution in [1.82, 2.24) is 20.2 Å². The molecule has 0 fully saturated rings. The molecule has 0 atom stereocenters. The lowest BCUT2D eigenvalue weighted by Gasteiger charge is -2.04. The molecule has 0 bridgehead atoms. The number of aryl methyl sites for hydroxylation is 2. The first-order valence-electron chi connectivity index (χ1n) is 4.99. The summed E-state index contributed by atoms with van der Waals surface area (Å²) in [6.45, 7) is 3.66. The largest absolute Gasteiger partial charge is 0.396 e. The molecule has 7 heteroatoms. The molecule has 0 saturated carbocycles. The van der Waals surface area contributed by atoms with Gasteiger partial charge in [-0.1, -0.05) is 0 Å². The highest BCUT2D eigenvalue weighted by molar-refractivity contribution is 6.05. The number of nitrogen functional groups attached to an aromatic ring is 1. The number of aromatic nitrogens is 4. The van der Waals surface area contributed by atoms with Crippen LogP contribution in [-0.2, 0) is 0 Å². The van der Waals surface area contributed by atoms with Crippen molar-refractivity contribution in [3.63, 3.8) is 0 Å². The van der Waals surface area contributed by atoms with E-state index in [1.54, 1.807) is 0 Å². The first kappa shape index (κ1) is 11.1. The number of amides is 1. The molecular weight excluding hydrogens is 220 g/mol. The molecule has 0 spiro atoms. The second-order valence-electron chi connectivity index (χ2n) is 3.63. The minimum atomic E-state index is -0.412. The molecule has 0 aliphatic rings. The Balaban J connectivity index is 2.21. The Hall–Kier alpha value is -2.44. The van der Waals surface area contributed by atoms with E-state index in [0.29, 0.717) is 0 Å². The fourth-order valence-corrected chi connectivity index (χ4v) is 1.42. The van der Waals surface area contributed by atoms with Gasteiger partial charge in [0.2, 0.25) is 5.95 Å². The van der Waals surface area contributed by atoms with Gasteiger partial charge in [0.05, 0.1) is 11.9 Å². The number of H-pyrrole nitrogens is 1. The maximum absolute atomic E-state index is 11.8. The SMILES string of the molecule is Cc1cc(C)nc(NC(=O)c2[nH]ncc2N)n1. The lowest BCUT2D eigenvalue weighted by Crippen LogP contribution is -2.16. The van der Waals surface area contributed by atoms with Crippen molar-refractivity contribution in [2.45, 2.75) is 13.8 Å². The topological polar surface area (TPSA) is 110 Å². The number of carbonyl (C=O) groups excluding carboxylic acids is 1. The van der Waals surface area contributed by atoms with Gasteiger partial charge >= 0.3 is 0 Å². The average Bonchev–Trinajstić information content (AvgIpc) is 2.62. The summed E-state index contributed by atoms with van der Waals surface area (Å²) >= 11 is 0. The molecule has 0 unspecified atom stereocenters. The highest BCUT2D eigenvalue weighted by Crippen LogP contribution is 2.09. The van der Waals surface area contributed by atoms with Crippen molar-refractivity contribution in [2.24, 2.45) is 0 Å². The molecule has 2 rings (SSSR count). The van der Waals surface area contributed by atoms with E-state index in [9.17, 15) is 4.79 Å². The highest BCUT2D eigenvalue weighted by Gasteiger charge is 2.13. The van der Waals surface area contributed by atoms with Crippen molar-refractivity contribution >= 4 is 17.5 Å². The van der Waals surface area contributed by atoms with Gasteiger partial charge in [-0.15, -0.1) is 0 Å². The summed E-state index contributed by atoms with van der Waals surface area (Å²) in [5.74, 6) is -0.161. The second kappa shape index (κ2) is 4.20. The van der Waals surface area contributed by atoms with Crippen LogP contribution in [0.5, 0.6) is 0 Å². The lowest BCUT2D eigenvalue weighted by atomic mass is 10.3. The van der Waals surface area contributed by atoms with Crippen molar-refractivity contribution in [3.8, 4) is 0 Å². The molecule has 2 aromatic rings. The van der Waals surface area contributed by atoms with Crippen LogP contribution in [0.15, 0.2) is 12.3 Å². The molecule has 1 amide bonds. The van der Waals surface area contributed by atoms with Crippen molar-refractivity contribution < 1.29 is 4.79 Å². The number of rotatable bonds is 2. The normalized spacial score (nSPS) is 10.2. The molecule has 0 aromatic carbocycles. The maximum Gasteiger partial charge on any atom is 0.278 e. The predicted octanol–water partition coefficient (Wildman–Crippen LogP) is 0.651. The minimum Gasteiger partial charge on any atom is -0.396 e. The summed E-state index contributed by atoms with van der Waals surface area (Å²) in [5, 5.41) is 8.73. The van der Waals surface area contributed by atoms with Crippen molar-refractivity contribution in [2.75, 3.05) is 11.1 Å². The van der Waals surface area contributed by atoms with Crippen LogP contribution in [0, 0.1) is 13.8 Å². The Morgan fingerprint density at radius 2 is 2.00 bits per heavy atom. The molecule has 7 nitrogen and oxygen atoms in total. The molecule has 4 N–H and O–H groups in total. The second-order valence-corrected chi connectivity index (χ2v) is 3.63. The van der Waals surface area contributed by atoms with E-state index in [0.717, 1.165) is 11.4 Å². The highest BCUT2D eigenvalue weighted by atomic mass is 16.2. The number of carbonyl (C=O) groups is 1. The van der Waals surface area contributed by atoms with Gasteiger partial charge in [0.25, 0.3) is 5.91 Å². The van der Waals surface area contributed by atoms with E-state index in [-0.39, 0.29) is 17.3 Å². The Morgan fingerprint density at radius 3 is 2.53 bits per heavy atom. The summed E-state index contributed by atoms with van der Waals surface area (Å²) in [6.07, 6.45) is 1.37. The van der Waals surface area contributed by atoms with E-state index >= 15 is 0 Å². The van der Waals surface area contributed by atoms with E-state index in [1.165, 1.54) is 6.20 Å². The summed E-state index contributed by atoms with van der Waals surface area (Å²) < 4.78 is 0. The van der Waals surface area contributed by atoms with Crippen LogP contribution in [0.3, 0.4) is 0 Å². The quantitative estimate of drug-likeness (QED) is 0.704. The fourth-order valence-electron chi connectivity index (χ4n) is 1.42. The Morgan fingerprint density at radius 1 is 1.35 bits per heavy atom. The minimum absolute atomic E-state index is 0.202. The van der Waals surface area contributed by atoms with Gasteiger partial charge < -0.3 is 5.73 Å². The third-order valence-corrected chi connectivity index (χ3v) is 2.10. The van der Waals surface area contributed by atoms with Gasteiger partial charge in [0.1, 0.15) is 5.69 Å². The zero-order valence-corrected chi connectivity index (χ0v) is 9.48. The molecule has 0 radical (unpaired) electrons. The van der Waals surface area contributed by atoms with E-state index < -0.39 is 5.91 Å². The monoisotopic (exact) mass is 232 g/mol. The van der Waals surface area contributed by atoms with Gasteiger partial charge in [0.15, 0.2) is 0 Å². The number of hydrogen-bond acceptors (Lipinski definition) is 5. The molecule has 17 heavy (non-hydrogen) atoms. The first-order chi connectivity index (χ1) is 8.06. The van der Waals surface area contributed by atoms with Gasteiger partial charge in [0, 0.05) is 11.4 Å². The van der Waals surface area contributed by atoms with Gasteiger partial charge in [-0.25, -0.2) is 9.97 Å². The first-order valence-corrected chi connectivity index (χ1v) is 4.99. The van der Waals surface area contributed by atoms with E-state index in [2.05, 4.69) is 25.5 Å². The lowest BCUT2D eigenvalue weighted by molar-refractivity contribution is 0.102. The van der Waals surface area contributed by atoms with Crippen molar-refractivity contribution in [3.05, 3.63) is 29.3 Å². The standard InChI is InChI=1S/C10H12N6O/c1-5-3-6(2)14-10(13-5)15-9(17)8-7(11)4-12-16-8/h3-4H,11H2,1-2H3,(H,12,16)(H,13,14,15,17). The number of anilines is 2. The van der Waals surface area contributed by atoms with Crippen LogP contribution in [0.25, 0.3) is 0 Å². The smallest absolute Gasteiger partial charge is 0.278 e. The predicted molar refractivity (Wildman–Crippen MR) is 62.5 cm³/mol. The molecule has 2 aromatic heterocycles. The van der Waals surface area contributed by atoms with E-state index in [1.807, 2.05) is 19.9 Å². The molecule has 0 aliphatic heterocycles. The summed E-state index contributed by atoms with van der Waals surface area (Å²) in [6, 6.07) is 1.82. The average molecular weight is 232 g/mol. The molecular formula is C10H12N6O. The third-order valence-electron chi connectivity index (χ3n) is 2.10. The molecule has 2 heterocycles. The van der Waals surface area contributed by atoms with Crippen molar-refractivity contribution in [1.29, 1.82) is 0 Å².